The first-order valence-corrected chi connectivity index (χ1v) is 7.11. The Morgan fingerprint density at radius 1 is 1.05 bits per heavy atom. The molecule has 1 saturated carbocycles. The molecule has 1 fully saturated rings. The second kappa shape index (κ2) is 6.47. The smallest absolute Gasteiger partial charge is 0.125 e. The standard InChI is InChI=1S/C16H22N2O/c1-19-15-9-7-14(8-10-15)18-16(13-17)11-5-3-2-4-6-12-16/h7-10,18H,2-6,11-12H2,1H3. The first-order valence-electron chi connectivity index (χ1n) is 7.11. The first-order chi connectivity index (χ1) is 9.28. The van der Waals surface area contributed by atoms with Gasteiger partial charge in [0.1, 0.15) is 11.3 Å². The maximum Gasteiger partial charge on any atom is 0.125 e. The van der Waals surface area contributed by atoms with Crippen molar-refractivity contribution in [3.63, 3.8) is 0 Å². The zero-order chi connectivity index (χ0) is 13.6. The molecule has 1 N–H and O–H groups in total. The molecule has 19 heavy (non-hydrogen) atoms. The summed E-state index contributed by atoms with van der Waals surface area (Å²) in [6, 6.07) is 10.3. The SMILES string of the molecule is COc1ccc(NC2(C#N)CCCCCCC2)cc1. The molecule has 0 amide bonds. The number of methoxy groups -OCH3 is 1. The number of nitrogens with zero attached hydrogens (tertiary/aromatic N) is 1. The van der Waals surface area contributed by atoms with E-state index in [4.69, 9.17) is 4.74 Å². The summed E-state index contributed by atoms with van der Waals surface area (Å²) in [5.41, 5.74) is 0.609. The highest BCUT2D eigenvalue weighted by molar-refractivity contribution is 5.50. The Labute approximate surface area is 115 Å². The lowest BCUT2D eigenvalue weighted by Gasteiger charge is -2.30. The molecule has 0 radical (unpaired) electrons. The first kappa shape index (κ1) is 13.7. The van der Waals surface area contributed by atoms with Gasteiger partial charge in [-0.05, 0) is 37.1 Å². The zero-order valence-corrected chi connectivity index (χ0v) is 11.6. The van der Waals surface area contributed by atoms with E-state index in [1.165, 1.54) is 19.3 Å². The lowest BCUT2D eigenvalue weighted by molar-refractivity contribution is 0.409. The highest BCUT2D eigenvalue weighted by atomic mass is 16.5. The van der Waals surface area contributed by atoms with Crippen LogP contribution in [0.4, 0.5) is 5.69 Å². The van der Waals surface area contributed by atoms with Gasteiger partial charge in [0.05, 0.1) is 13.2 Å². The minimum atomic E-state index is -0.394. The van der Waals surface area contributed by atoms with Crippen molar-refractivity contribution in [2.75, 3.05) is 12.4 Å². The minimum Gasteiger partial charge on any atom is -0.497 e. The van der Waals surface area contributed by atoms with Gasteiger partial charge >= 0.3 is 0 Å². The van der Waals surface area contributed by atoms with Crippen LogP contribution in [-0.4, -0.2) is 12.6 Å². The molecule has 0 spiro atoms. The van der Waals surface area contributed by atoms with E-state index < -0.39 is 5.54 Å². The third-order valence-electron chi connectivity index (χ3n) is 3.89. The maximum atomic E-state index is 9.58. The highest BCUT2D eigenvalue weighted by Crippen LogP contribution is 2.30. The van der Waals surface area contributed by atoms with Gasteiger partial charge in [0.2, 0.25) is 0 Å². The molecule has 2 rings (SSSR count). The third-order valence-corrected chi connectivity index (χ3v) is 3.89. The van der Waals surface area contributed by atoms with Crippen LogP contribution in [-0.2, 0) is 0 Å². The molecule has 1 aromatic carbocycles. The van der Waals surface area contributed by atoms with Crippen molar-refractivity contribution >= 4 is 5.69 Å². The van der Waals surface area contributed by atoms with Crippen LogP contribution in [0.5, 0.6) is 5.75 Å². The van der Waals surface area contributed by atoms with Gasteiger partial charge < -0.3 is 10.1 Å². The quantitative estimate of drug-likeness (QED) is 0.887. The van der Waals surface area contributed by atoms with Gasteiger partial charge in [-0.15, -0.1) is 0 Å². The molecule has 0 atom stereocenters. The van der Waals surface area contributed by atoms with E-state index in [-0.39, 0.29) is 0 Å². The Morgan fingerprint density at radius 2 is 1.63 bits per heavy atom. The Kier molecular flexibility index (Phi) is 4.68. The predicted molar refractivity (Wildman–Crippen MR) is 77.3 cm³/mol. The number of nitriles is 1. The Bertz CT molecular complexity index is 425. The number of anilines is 1. The highest BCUT2D eigenvalue weighted by Gasteiger charge is 2.29. The Balaban J connectivity index is 2.09. The van der Waals surface area contributed by atoms with Crippen LogP contribution in [0.2, 0.25) is 0 Å². The van der Waals surface area contributed by atoms with Gasteiger partial charge in [0, 0.05) is 5.69 Å². The van der Waals surface area contributed by atoms with Gasteiger partial charge in [0.25, 0.3) is 0 Å². The monoisotopic (exact) mass is 258 g/mol. The van der Waals surface area contributed by atoms with Gasteiger partial charge in [-0.1, -0.05) is 32.1 Å². The fourth-order valence-electron chi connectivity index (χ4n) is 2.72. The minimum absolute atomic E-state index is 0.394. The molecule has 1 aliphatic carbocycles. The molecule has 0 aromatic heterocycles. The van der Waals surface area contributed by atoms with Gasteiger partial charge in [-0.25, -0.2) is 0 Å². The van der Waals surface area contributed by atoms with Gasteiger partial charge in [0.15, 0.2) is 0 Å². The molecule has 0 unspecified atom stereocenters. The maximum absolute atomic E-state index is 9.58. The number of nitrogens with one attached hydrogen (secondary N) is 1. The molecular weight excluding hydrogens is 236 g/mol. The van der Waals surface area contributed by atoms with Crippen molar-refractivity contribution in [2.24, 2.45) is 0 Å². The van der Waals surface area contributed by atoms with E-state index in [0.717, 1.165) is 37.1 Å². The van der Waals surface area contributed by atoms with Crippen molar-refractivity contribution in [3.8, 4) is 11.8 Å². The van der Waals surface area contributed by atoms with Crippen LogP contribution in [0, 0.1) is 11.3 Å². The molecule has 102 valence electrons. The summed E-state index contributed by atoms with van der Waals surface area (Å²) in [5.74, 6) is 0.842. The van der Waals surface area contributed by atoms with Crippen molar-refractivity contribution in [1.29, 1.82) is 5.26 Å². The van der Waals surface area contributed by atoms with E-state index >= 15 is 0 Å². The number of hydrogen-bond donors (Lipinski definition) is 1. The van der Waals surface area contributed by atoms with E-state index in [0.29, 0.717) is 0 Å². The average molecular weight is 258 g/mol. The second-order valence-electron chi connectivity index (χ2n) is 5.32. The number of benzene rings is 1. The molecular formula is C16H22N2O. The number of rotatable bonds is 3. The van der Waals surface area contributed by atoms with Crippen LogP contribution >= 0.6 is 0 Å². The molecule has 0 saturated heterocycles. The van der Waals surface area contributed by atoms with Crippen molar-refractivity contribution in [1.82, 2.24) is 0 Å². The summed E-state index contributed by atoms with van der Waals surface area (Å²) >= 11 is 0. The molecule has 1 aromatic rings. The summed E-state index contributed by atoms with van der Waals surface area (Å²) < 4.78 is 5.15. The van der Waals surface area contributed by atoms with Gasteiger partial charge in [-0.2, -0.15) is 5.26 Å². The molecule has 0 aliphatic heterocycles. The summed E-state index contributed by atoms with van der Waals surface area (Å²) in [5, 5.41) is 13.0. The van der Waals surface area contributed by atoms with E-state index in [1.807, 2.05) is 24.3 Å². The fraction of sp³-hybridized carbons (Fsp3) is 0.562. The fourth-order valence-corrected chi connectivity index (χ4v) is 2.72. The lowest BCUT2D eigenvalue weighted by Crippen LogP contribution is -2.37. The lowest BCUT2D eigenvalue weighted by atomic mass is 9.85. The van der Waals surface area contributed by atoms with E-state index in [2.05, 4.69) is 11.4 Å². The summed E-state index contributed by atoms with van der Waals surface area (Å²) in [6.07, 6.45) is 7.95. The van der Waals surface area contributed by atoms with E-state index in [1.54, 1.807) is 7.11 Å². The van der Waals surface area contributed by atoms with Crippen LogP contribution in [0.25, 0.3) is 0 Å². The zero-order valence-electron chi connectivity index (χ0n) is 11.6. The molecule has 0 bridgehead atoms. The van der Waals surface area contributed by atoms with Crippen molar-refractivity contribution in [3.05, 3.63) is 24.3 Å². The van der Waals surface area contributed by atoms with Crippen LogP contribution < -0.4 is 10.1 Å². The molecule has 1 aliphatic rings. The van der Waals surface area contributed by atoms with Crippen molar-refractivity contribution in [2.45, 2.75) is 50.5 Å². The summed E-state index contributed by atoms with van der Waals surface area (Å²) in [6.45, 7) is 0. The van der Waals surface area contributed by atoms with Crippen LogP contribution in [0.1, 0.15) is 44.9 Å². The largest absolute Gasteiger partial charge is 0.497 e. The average Bonchev–Trinajstić information content (AvgIpc) is 2.43. The molecule has 3 heteroatoms. The van der Waals surface area contributed by atoms with Crippen LogP contribution in [0.3, 0.4) is 0 Å². The predicted octanol–water partition coefficient (Wildman–Crippen LogP) is 4.11. The molecule has 0 heterocycles. The number of ether oxygens (including phenoxy) is 1. The van der Waals surface area contributed by atoms with Gasteiger partial charge in [-0.3, -0.25) is 0 Å². The third kappa shape index (κ3) is 3.64. The Hall–Kier alpha value is -1.69. The molecule has 3 nitrogen and oxygen atoms in total. The van der Waals surface area contributed by atoms with Crippen molar-refractivity contribution < 1.29 is 4.74 Å². The Morgan fingerprint density at radius 3 is 2.16 bits per heavy atom. The van der Waals surface area contributed by atoms with E-state index in [9.17, 15) is 5.26 Å². The second-order valence-corrected chi connectivity index (χ2v) is 5.32. The van der Waals surface area contributed by atoms with Crippen LogP contribution in [0.15, 0.2) is 24.3 Å². The summed E-state index contributed by atoms with van der Waals surface area (Å²) in [7, 11) is 1.66. The topological polar surface area (TPSA) is 45.0 Å². The normalized spacial score (nSPS) is 18.7. The summed E-state index contributed by atoms with van der Waals surface area (Å²) in [4.78, 5) is 0. The number of hydrogen-bond acceptors (Lipinski definition) is 3.